The van der Waals surface area contributed by atoms with Crippen molar-refractivity contribution in [1.29, 1.82) is 0 Å². The summed E-state index contributed by atoms with van der Waals surface area (Å²) in [5, 5.41) is 6.53. The van der Waals surface area contributed by atoms with E-state index in [0.29, 0.717) is 6.04 Å². The zero-order chi connectivity index (χ0) is 15.5. The summed E-state index contributed by atoms with van der Waals surface area (Å²) in [6.07, 6.45) is 3.57. The first kappa shape index (κ1) is 18.7. The number of amides is 1. The van der Waals surface area contributed by atoms with Gasteiger partial charge in [0, 0.05) is 26.7 Å². The van der Waals surface area contributed by atoms with E-state index >= 15 is 0 Å². The summed E-state index contributed by atoms with van der Waals surface area (Å²) in [7, 11) is 3.49. The van der Waals surface area contributed by atoms with E-state index < -0.39 is 0 Å². The zero-order valence-corrected chi connectivity index (χ0v) is 14.0. The quantitative estimate of drug-likeness (QED) is 0.528. The highest BCUT2D eigenvalue weighted by molar-refractivity contribution is 5.84. The first-order chi connectivity index (χ1) is 9.36. The number of carbonyl (C=O) groups is 1. The van der Waals surface area contributed by atoms with Crippen LogP contribution in [0.15, 0.2) is 4.99 Å². The van der Waals surface area contributed by atoms with Crippen LogP contribution in [0, 0.1) is 5.92 Å². The van der Waals surface area contributed by atoms with Gasteiger partial charge in [-0.1, -0.05) is 26.7 Å². The van der Waals surface area contributed by atoms with Crippen molar-refractivity contribution in [3.05, 3.63) is 0 Å². The molecule has 5 nitrogen and oxygen atoms in total. The molecule has 0 aromatic carbocycles. The van der Waals surface area contributed by atoms with Gasteiger partial charge in [-0.25, -0.2) is 4.99 Å². The number of nitrogens with one attached hydrogen (secondary N) is 2. The molecule has 0 spiro atoms. The maximum absolute atomic E-state index is 11.5. The summed E-state index contributed by atoms with van der Waals surface area (Å²) in [5.74, 6) is 1.48. The molecular weight excluding hydrogens is 252 g/mol. The Bertz CT molecular complexity index is 300. The molecule has 0 aromatic heterocycles. The predicted octanol–water partition coefficient (Wildman–Crippen LogP) is 1.84. The molecule has 0 rings (SSSR count). The Kier molecular flexibility index (Phi) is 9.86. The summed E-state index contributed by atoms with van der Waals surface area (Å²) < 4.78 is 0. The number of aliphatic imine (C=N–C) groups is 1. The van der Waals surface area contributed by atoms with Gasteiger partial charge in [0.2, 0.25) is 5.91 Å². The van der Waals surface area contributed by atoms with Crippen molar-refractivity contribution in [2.75, 3.05) is 27.2 Å². The van der Waals surface area contributed by atoms with Gasteiger partial charge in [-0.2, -0.15) is 0 Å². The Labute approximate surface area is 124 Å². The molecule has 0 fully saturated rings. The fourth-order valence-electron chi connectivity index (χ4n) is 1.75. The molecule has 0 aliphatic carbocycles. The molecule has 0 heterocycles. The minimum absolute atomic E-state index is 0.00895. The summed E-state index contributed by atoms with van der Waals surface area (Å²) in [5.41, 5.74) is 0. The molecule has 1 amide bonds. The number of nitrogens with zero attached hydrogens (tertiary/aromatic N) is 2. The van der Waals surface area contributed by atoms with E-state index in [1.54, 1.807) is 19.0 Å². The number of rotatable bonds is 8. The molecule has 0 radical (unpaired) electrons. The van der Waals surface area contributed by atoms with E-state index in [9.17, 15) is 4.79 Å². The van der Waals surface area contributed by atoms with Crippen LogP contribution in [-0.4, -0.2) is 50.0 Å². The molecule has 2 N–H and O–H groups in total. The van der Waals surface area contributed by atoms with Crippen molar-refractivity contribution in [2.45, 2.75) is 53.0 Å². The molecule has 0 saturated heterocycles. The number of hydrogen-bond acceptors (Lipinski definition) is 2. The van der Waals surface area contributed by atoms with E-state index in [2.05, 4.69) is 36.4 Å². The number of likely N-dealkylation sites (N-methyl/N-ethyl adjacent to an activating group) is 1. The minimum Gasteiger partial charge on any atom is -0.357 e. The Morgan fingerprint density at radius 2 is 1.85 bits per heavy atom. The van der Waals surface area contributed by atoms with Crippen molar-refractivity contribution < 1.29 is 4.79 Å². The molecule has 0 saturated carbocycles. The van der Waals surface area contributed by atoms with Gasteiger partial charge in [0.05, 0.1) is 0 Å². The van der Waals surface area contributed by atoms with Crippen molar-refractivity contribution >= 4 is 11.9 Å². The molecule has 0 aliphatic rings. The lowest BCUT2D eigenvalue weighted by molar-refractivity contribution is -0.127. The fraction of sp³-hybridized carbons (Fsp3) is 0.867. The van der Waals surface area contributed by atoms with Gasteiger partial charge < -0.3 is 15.5 Å². The third-order valence-electron chi connectivity index (χ3n) is 3.02. The molecule has 0 aromatic rings. The van der Waals surface area contributed by atoms with Crippen LogP contribution in [0.2, 0.25) is 0 Å². The van der Waals surface area contributed by atoms with E-state index in [4.69, 9.17) is 0 Å². The number of hydrogen-bond donors (Lipinski definition) is 2. The zero-order valence-electron chi connectivity index (χ0n) is 14.0. The fourth-order valence-corrected chi connectivity index (χ4v) is 1.75. The summed E-state index contributed by atoms with van der Waals surface area (Å²) in [6.45, 7) is 9.64. The molecule has 1 unspecified atom stereocenters. The highest BCUT2D eigenvalue weighted by atomic mass is 16.2. The van der Waals surface area contributed by atoms with E-state index in [1.807, 2.05) is 6.92 Å². The van der Waals surface area contributed by atoms with Gasteiger partial charge in [-0.15, -0.1) is 0 Å². The summed E-state index contributed by atoms with van der Waals surface area (Å²) >= 11 is 0. The van der Waals surface area contributed by atoms with Crippen LogP contribution in [0.25, 0.3) is 0 Å². The first-order valence-corrected chi connectivity index (χ1v) is 7.61. The Morgan fingerprint density at radius 3 is 2.35 bits per heavy atom. The third-order valence-corrected chi connectivity index (χ3v) is 3.02. The van der Waals surface area contributed by atoms with Crippen molar-refractivity contribution in [3.63, 3.8) is 0 Å². The average Bonchev–Trinajstić information content (AvgIpc) is 2.35. The second-order valence-corrected chi connectivity index (χ2v) is 5.85. The summed E-state index contributed by atoms with van der Waals surface area (Å²) in [6, 6.07) is 0.362. The van der Waals surface area contributed by atoms with Gasteiger partial charge in [0.1, 0.15) is 6.54 Å². The monoisotopic (exact) mass is 284 g/mol. The molecular formula is C15H32N4O. The third kappa shape index (κ3) is 9.64. The molecule has 0 bridgehead atoms. The van der Waals surface area contributed by atoms with Gasteiger partial charge in [0.25, 0.3) is 0 Å². The largest absolute Gasteiger partial charge is 0.357 e. The van der Waals surface area contributed by atoms with Crippen LogP contribution in [0.1, 0.15) is 47.0 Å². The van der Waals surface area contributed by atoms with Gasteiger partial charge in [-0.3, -0.25) is 4.79 Å². The first-order valence-electron chi connectivity index (χ1n) is 7.61. The maximum Gasteiger partial charge on any atom is 0.243 e. The van der Waals surface area contributed by atoms with E-state index in [-0.39, 0.29) is 12.5 Å². The topological polar surface area (TPSA) is 56.7 Å². The van der Waals surface area contributed by atoms with Crippen LogP contribution in [0.5, 0.6) is 0 Å². The van der Waals surface area contributed by atoms with E-state index in [1.165, 1.54) is 12.8 Å². The number of carbonyl (C=O) groups excluding carboxylic acids is 1. The second kappa shape index (κ2) is 10.5. The maximum atomic E-state index is 11.5. The number of guanidine groups is 1. The van der Waals surface area contributed by atoms with Crippen LogP contribution < -0.4 is 10.6 Å². The van der Waals surface area contributed by atoms with Crippen molar-refractivity contribution in [3.8, 4) is 0 Å². The minimum atomic E-state index is 0.00895. The SMILES string of the molecule is CCNC(=NCC(=O)N(C)C)NC(C)CCCC(C)C. The molecule has 20 heavy (non-hydrogen) atoms. The lowest BCUT2D eigenvalue weighted by Gasteiger charge is -2.18. The van der Waals surface area contributed by atoms with Crippen LogP contribution in [-0.2, 0) is 4.79 Å². The highest BCUT2D eigenvalue weighted by Gasteiger charge is 2.07. The van der Waals surface area contributed by atoms with Gasteiger partial charge >= 0.3 is 0 Å². The summed E-state index contributed by atoms with van der Waals surface area (Å²) in [4.78, 5) is 17.4. The van der Waals surface area contributed by atoms with Crippen molar-refractivity contribution in [1.82, 2.24) is 15.5 Å². The highest BCUT2D eigenvalue weighted by Crippen LogP contribution is 2.08. The normalized spacial score (nSPS) is 13.2. The average molecular weight is 284 g/mol. The van der Waals surface area contributed by atoms with Gasteiger partial charge in [-0.05, 0) is 26.2 Å². The van der Waals surface area contributed by atoms with E-state index in [0.717, 1.165) is 24.8 Å². The van der Waals surface area contributed by atoms with Crippen LogP contribution in [0.3, 0.4) is 0 Å². The lowest BCUT2D eigenvalue weighted by atomic mass is 10.0. The lowest BCUT2D eigenvalue weighted by Crippen LogP contribution is -2.42. The van der Waals surface area contributed by atoms with Crippen LogP contribution >= 0.6 is 0 Å². The predicted molar refractivity (Wildman–Crippen MR) is 86.0 cm³/mol. The standard InChI is InChI=1S/C15H32N4O/c1-7-16-15(17-11-14(20)19(5)6)18-13(4)10-8-9-12(2)3/h12-13H,7-11H2,1-6H3,(H2,16,17,18). The Balaban J connectivity index is 4.24. The van der Waals surface area contributed by atoms with Gasteiger partial charge in [0.15, 0.2) is 5.96 Å². The van der Waals surface area contributed by atoms with Crippen molar-refractivity contribution in [2.24, 2.45) is 10.9 Å². The molecule has 0 aliphatic heterocycles. The second-order valence-electron chi connectivity index (χ2n) is 5.85. The molecule has 118 valence electrons. The van der Waals surface area contributed by atoms with Crippen LogP contribution in [0.4, 0.5) is 0 Å². The Hall–Kier alpha value is -1.26. The molecule has 5 heteroatoms. The molecule has 1 atom stereocenters. The smallest absolute Gasteiger partial charge is 0.243 e. The Morgan fingerprint density at radius 1 is 1.20 bits per heavy atom.